The second-order valence-electron chi connectivity index (χ2n) is 7.19. The van der Waals surface area contributed by atoms with Gasteiger partial charge in [-0.15, -0.1) is 0 Å². The van der Waals surface area contributed by atoms with Crippen molar-refractivity contribution >= 4 is 12.2 Å². The van der Waals surface area contributed by atoms with Crippen LogP contribution in [-0.4, -0.2) is 35.8 Å². The Morgan fingerprint density at radius 1 is 0.926 bits per heavy atom. The molecule has 0 aliphatic carbocycles. The molecule has 0 aliphatic rings. The summed E-state index contributed by atoms with van der Waals surface area (Å²) in [6, 6.07) is 15.4. The number of hydrogen-bond acceptors (Lipinski definition) is 3. The van der Waals surface area contributed by atoms with E-state index >= 15 is 0 Å². The van der Waals surface area contributed by atoms with E-state index in [4.69, 9.17) is 0 Å². The van der Waals surface area contributed by atoms with Crippen LogP contribution in [0.25, 0.3) is 12.2 Å². The van der Waals surface area contributed by atoms with E-state index in [1.165, 1.54) is 11.1 Å². The number of rotatable bonds is 9. The zero-order chi connectivity index (χ0) is 19.6. The van der Waals surface area contributed by atoms with Crippen LogP contribution in [0.2, 0.25) is 0 Å². The van der Waals surface area contributed by atoms with Gasteiger partial charge in [-0.05, 0) is 68.2 Å². The number of benzene rings is 2. The third kappa shape index (κ3) is 7.41. The van der Waals surface area contributed by atoms with Gasteiger partial charge in [-0.2, -0.15) is 0 Å². The zero-order valence-corrected chi connectivity index (χ0v) is 16.7. The maximum Gasteiger partial charge on any atom is 0.116 e. The number of allylic oxidation sites excluding steroid dienone is 1. The summed E-state index contributed by atoms with van der Waals surface area (Å²) in [5.74, 6) is 0.297. The van der Waals surface area contributed by atoms with Crippen molar-refractivity contribution < 1.29 is 10.2 Å². The van der Waals surface area contributed by atoms with Gasteiger partial charge in [0.05, 0.1) is 6.61 Å². The molecule has 0 radical (unpaired) electrons. The van der Waals surface area contributed by atoms with Crippen molar-refractivity contribution in [3.8, 4) is 5.75 Å². The van der Waals surface area contributed by atoms with Crippen molar-refractivity contribution in [3.05, 3.63) is 76.4 Å². The Labute approximate surface area is 163 Å². The molecule has 0 saturated heterocycles. The number of phenols is 1. The molecule has 144 valence electrons. The van der Waals surface area contributed by atoms with E-state index in [1.54, 1.807) is 12.1 Å². The molecule has 0 bridgehead atoms. The predicted octanol–water partition coefficient (Wildman–Crippen LogP) is 5.10. The Bertz CT molecular complexity index is 790. The Kier molecular flexibility index (Phi) is 8.31. The molecule has 27 heavy (non-hydrogen) atoms. The van der Waals surface area contributed by atoms with E-state index in [-0.39, 0.29) is 6.61 Å². The lowest BCUT2D eigenvalue weighted by atomic mass is 9.98. The highest BCUT2D eigenvalue weighted by atomic mass is 16.3. The number of aromatic hydroxyl groups is 1. The van der Waals surface area contributed by atoms with Crippen molar-refractivity contribution in [1.82, 2.24) is 4.90 Å². The van der Waals surface area contributed by atoms with Gasteiger partial charge in [0.2, 0.25) is 0 Å². The number of aliphatic hydroxyl groups is 1. The molecule has 0 spiro atoms. The smallest absolute Gasteiger partial charge is 0.116 e. The third-order valence-electron chi connectivity index (χ3n) is 4.49. The summed E-state index contributed by atoms with van der Waals surface area (Å²) >= 11 is 0. The summed E-state index contributed by atoms with van der Waals surface area (Å²) in [6.07, 6.45) is 7.40. The Morgan fingerprint density at radius 3 is 2.19 bits per heavy atom. The van der Waals surface area contributed by atoms with Crippen LogP contribution in [0, 0.1) is 0 Å². The van der Waals surface area contributed by atoms with Gasteiger partial charge in [-0.25, -0.2) is 0 Å². The first-order valence-corrected chi connectivity index (χ1v) is 9.52. The lowest BCUT2D eigenvalue weighted by molar-refractivity contribution is 0.282. The molecule has 2 aromatic rings. The summed E-state index contributed by atoms with van der Waals surface area (Å²) in [6.45, 7) is 3.15. The first kappa shape index (κ1) is 20.9. The molecule has 0 saturated carbocycles. The Hall–Kier alpha value is -2.36. The topological polar surface area (TPSA) is 43.7 Å². The van der Waals surface area contributed by atoms with Gasteiger partial charge in [0.1, 0.15) is 5.75 Å². The van der Waals surface area contributed by atoms with Crippen molar-refractivity contribution in [2.24, 2.45) is 0 Å². The van der Waals surface area contributed by atoms with E-state index < -0.39 is 0 Å². The Balaban J connectivity index is 2.14. The van der Waals surface area contributed by atoms with Crippen LogP contribution in [0.4, 0.5) is 0 Å². The molecule has 0 aliphatic heterocycles. The molecular weight excluding hydrogens is 334 g/mol. The van der Waals surface area contributed by atoms with Crippen LogP contribution in [0.15, 0.2) is 59.7 Å². The minimum absolute atomic E-state index is 0.0722. The fourth-order valence-corrected chi connectivity index (χ4v) is 3.14. The van der Waals surface area contributed by atoms with E-state index in [1.807, 2.05) is 30.3 Å². The van der Waals surface area contributed by atoms with Crippen molar-refractivity contribution in [2.45, 2.75) is 32.8 Å². The van der Waals surface area contributed by atoms with E-state index in [2.05, 4.69) is 44.1 Å². The van der Waals surface area contributed by atoms with Crippen molar-refractivity contribution in [1.29, 1.82) is 0 Å². The highest BCUT2D eigenvalue weighted by Crippen LogP contribution is 2.22. The maximum absolute atomic E-state index is 9.70. The number of nitrogens with zero attached hydrogens (tertiary/aromatic N) is 1. The monoisotopic (exact) mass is 365 g/mol. The Morgan fingerprint density at radius 2 is 1.56 bits per heavy atom. The minimum Gasteiger partial charge on any atom is -0.508 e. The van der Waals surface area contributed by atoms with Gasteiger partial charge in [0.15, 0.2) is 0 Å². The van der Waals surface area contributed by atoms with Gasteiger partial charge in [0.25, 0.3) is 0 Å². The molecular formula is C24H31NO2. The molecule has 0 unspecified atom stereocenters. The van der Waals surface area contributed by atoms with Crippen molar-refractivity contribution in [2.75, 3.05) is 20.6 Å². The van der Waals surface area contributed by atoms with Gasteiger partial charge in [-0.1, -0.05) is 60.6 Å². The maximum atomic E-state index is 9.70. The minimum atomic E-state index is 0.0722. The SMILES string of the molecule is CC/C(=C\c1cccc(CO)c1)CC/C(=C/c1cccc(O)c1)CN(C)C. The second-order valence-corrected chi connectivity index (χ2v) is 7.19. The second kappa shape index (κ2) is 10.7. The van der Waals surface area contributed by atoms with Gasteiger partial charge in [0, 0.05) is 6.54 Å². The molecule has 2 aromatic carbocycles. The van der Waals surface area contributed by atoms with Crippen LogP contribution in [0.5, 0.6) is 5.75 Å². The van der Waals surface area contributed by atoms with Crippen molar-refractivity contribution in [3.63, 3.8) is 0 Å². The van der Waals surface area contributed by atoms with E-state index in [9.17, 15) is 10.2 Å². The van der Waals surface area contributed by atoms with E-state index in [0.717, 1.165) is 42.5 Å². The third-order valence-corrected chi connectivity index (χ3v) is 4.49. The fourth-order valence-electron chi connectivity index (χ4n) is 3.14. The summed E-state index contributed by atoms with van der Waals surface area (Å²) in [5.41, 5.74) is 5.85. The fraction of sp³-hybridized carbons (Fsp3) is 0.333. The van der Waals surface area contributed by atoms with Crippen LogP contribution in [0.3, 0.4) is 0 Å². The van der Waals surface area contributed by atoms with Crippen LogP contribution in [0.1, 0.15) is 42.9 Å². The quantitative estimate of drug-likeness (QED) is 0.649. The predicted molar refractivity (Wildman–Crippen MR) is 115 cm³/mol. The molecule has 0 amide bonds. The molecule has 0 atom stereocenters. The largest absolute Gasteiger partial charge is 0.508 e. The molecule has 3 nitrogen and oxygen atoms in total. The number of likely N-dealkylation sites (N-methyl/N-ethyl adjacent to an activating group) is 1. The van der Waals surface area contributed by atoms with Crippen LogP contribution < -0.4 is 0 Å². The first-order chi connectivity index (χ1) is 13.0. The number of hydrogen-bond donors (Lipinski definition) is 2. The number of aliphatic hydroxyl groups excluding tert-OH is 1. The van der Waals surface area contributed by atoms with Gasteiger partial charge < -0.3 is 15.1 Å². The molecule has 3 heteroatoms. The molecule has 0 aromatic heterocycles. The highest BCUT2D eigenvalue weighted by Gasteiger charge is 2.04. The van der Waals surface area contributed by atoms with Crippen LogP contribution in [-0.2, 0) is 6.61 Å². The van der Waals surface area contributed by atoms with E-state index in [0.29, 0.717) is 5.75 Å². The molecule has 0 heterocycles. The molecule has 2 N–H and O–H groups in total. The first-order valence-electron chi connectivity index (χ1n) is 9.52. The lowest BCUT2D eigenvalue weighted by Crippen LogP contribution is -2.15. The normalized spacial score (nSPS) is 12.6. The van der Waals surface area contributed by atoms with Gasteiger partial charge >= 0.3 is 0 Å². The average molecular weight is 366 g/mol. The number of phenolic OH excluding ortho intramolecular Hbond substituents is 1. The summed E-state index contributed by atoms with van der Waals surface area (Å²) in [5, 5.41) is 19.0. The van der Waals surface area contributed by atoms with Gasteiger partial charge in [-0.3, -0.25) is 0 Å². The summed E-state index contributed by atoms with van der Waals surface area (Å²) < 4.78 is 0. The molecule has 0 fully saturated rings. The summed E-state index contributed by atoms with van der Waals surface area (Å²) in [4.78, 5) is 2.18. The average Bonchev–Trinajstić information content (AvgIpc) is 2.64. The highest BCUT2D eigenvalue weighted by molar-refractivity contribution is 5.56. The van der Waals surface area contributed by atoms with Crippen LogP contribution >= 0.6 is 0 Å². The zero-order valence-electron chi connectivity index (χ0n) is 16.7. The summed E-state index contributed by atoms with van der Waals surface area (Å²) in [7, 11) is 4.15. The molecule has 2 rings (SSSR count). The lowest BCUT2D eigenvalue weighted by Gasteiger charge is -2.15. The standard InChI is InChI=1S/C24H31NO2/c1-4-19(13-20-7-5-9-23(15-20)18-26)11-12-22(17-25(2)3)14-21-8-6-10-24(27)16-21/h5-10,13-16,26-27H,4,11-12,17-18H2,1-3H3/b19-13+,22-14-.